The number of methoxy groups -OCH3 is 1. The molecule has 0 aliphatic heterocycles. The average molecular weight is 346 g/mol. The van der Waals surface area contributed by atoms with E-state index in [1.54, 1.807) is 14.0 Å². The van der Waals surface area contributed by atoms with Gasteiger partial charge in [-0.25, -0.2) is 0 Å². The van der Waals surface area contributed by atoms with Gasteiger partial charge in [0.1, 0.15) is 17.3 Å². The van der Waals surface area contributed by atoms with Crippen LogP contribution in [0.2, 0.25) is 0 Å². The van der Waals surface area contributed by atoms with Gasteiger partial charge in [-0.1, -0.05) is 32.9 Å². The standard InChI is InChI=1S/C21H30O4/c1-20(2)14-18(23)21(3,19(20)24)12-11-16(22)9-5-7-15-8-6-10-17(13-15)25-4/h6,8,10,13,18,23H,5,7,9,11-12,14H2,1-4H3/t18-,21+/m0/s1. The number of aryl methyl sites for hydroxylation is 1. The first-order valence-corrected chi connectivity index (χ1v) is 9.06. The summed E-state index contributed by atoms with van der Waals surface area (Å²) in [7, 11) is 1.64. The lowest BCUT2D eigenvalue weighted by molar-refractivity contribution is -0.134. The predicted octanol–water partition coefficient (Wildman–Crippen LogP) is 3.73. The summed E-state index contributed by atoms with van der Waals surface area (Å²) in [6, 6.07) is 7.87. The molecule has 1 N–H and O–H groups in total. The van der Waals surface area contributed by atoms with E-state index in [4.69, 9.17) is 4.74 Å². The molecule has 1 saturated carbocycles. The van der Waals surface area contributed by atoms with Crippen LogP contribution >= 0.6 is 0 Å². The fourth-order valence-electron chi connectivity index (χ4n) is 3.85. The van der Waals surface area contributed by atoms with Crippen molar-refractivity contribution < 1.29 is 19.4 Å². The Hall–Kier alpha value is -1.68. The molecule has 0 bridgehead atoms. The minimum Gasteiger partial charge on any atom is -0.497 e. The highest BCUT2D eigenvalue weighted by atomic mass is 16.5. The van der Waals surface area contributed by atoms with Crippen molar-refractivity contribution in [3.05, 3.63) is 29.8 Å². The Kier molecular flexibility index (Phi) is 6.04. The van der Waals surface area contributed by atoms with E-state index in [1.807, 2.05) is 38.1 Å². The summed E-state index contributed by atoms with van der Waals surface area (Å²) in [4.78, 5) is 24.8. The molecule has 1 aromatic carbocycles. The second kappa shape index (κ2) is 7.69. The van der Waals surface area contributed by atoms with Crippen LogP contribution in [0, 0.1) is 10.8 Å². The highest BCUT2D eigenvalue weighted by Gasteiger charge is 2.54. The second-order valence-electron chi connectivity index (χ2n) is 8.09. The minimum absolute atomic E-state index is 0.0803. The van der Waals surface area contributed by atoms with Crippen LogP contribution in [0.3, 0.4) is 0 Å². The number of carbonyl (C=O) groups excluding carboxylic acids is 2. The van der Waals surface area contributed by atoms with Crippen molar-refractivity contribution in [3.63, 3.8) is 0 Å². The third kappa shape index (κ3) is 4.49. The molecule has 0 aromatic heterocycles. The molecule has 25 heavy (non-hydrogen) atoms. The van der Waals surface area contributed by atoms with Crippen molar-refractivity contribution in [2.45, 2.75) is 65.4 Å². The largest absolute Gasteiger partial charge is 0.497 e. The van der Waals surface area contributed by atoms with Gasteiger partial charge in [0.05, 0.1) is 18.6 Å². The first-order chi connectivity index (χ1) is 11.7. The topological polar surface area (TPSA) is 63.6 Å². The summed E-state index contributed by atoms with van der Waals surface area (Å²) in [6.45, 7) is 5.55. The summed E-state index contributed by atoms with van der Waals surface area (Å²) in [5.74, 6) is 1.07. The number of Topliss-reactive ketones (excluding diaryl/α,β-unsaturated/α-hetero) is 2. The molecule has 0 spiro atoms. The van der Waals surface area contributed by atoms with E-state index in [1.165, 1.54) is 0 Å². The summed E-state index contributed by atoms with van der Waals surface area (Å²) in [5, 5.41) is 10.3. The zero-order chi connectivity index (χ0) is 18.7. The van der Waals surface area contributed by atoms with Gasteiger partial charge in [0.15, 0.2) is 0 Å². The van der Waals surface area contributed by atoms with Crippen LogP contribution in [-0.4, -0.2) is 29.9 Å². The van der Waals surface area contributed by atoms with Crippen molar-refractivity contribution in [3.8, 4) is 5.75 Å². The van der Waals surface area contributed by atoms with Crippen molar-refractivity contribution >= 4 is 11.6 Å². The number of hydrogen-bond donors (Lipinski definition) is 1. The van der Waals surface area contributed by atoms with E-state index in [0.29, 0.717) is 25.7 Å². The van der Waals surface area contributed by atoms with Crippen LogP contribution in [0.5, 0.6) is 5.75 Å². The number of ketones is 2. The van der Waals surface area contributed by atoms with Crippen molar-refractivity contribution in [1.29, 1.82) is 0 Å². The molecule has 1 aliphatic carbocycles. The first kappa shape index (κ1) is 19.6. The van der Waals surface area contributed by atoms with Crippen LogP contribution in [0.1, 0.15) is 58.4 Å². The molecule has 2 atom stereocenters. The van der Waals surface area contributed by atoms with Crippen molar-refractivity contribution in [2.75, 3.05) is 7.11 Å². The van der Waals surface area contributed by atoms with E-state index in [2.05, 4.69) is 0 Å². The van der Waals surface area contributed by atoms with Crippen LogP contribution in [0.25, 0.3) is 0 Å². The van der Waals surface area contributed by atoms with Crippen LogP contribution in [0.15, 0.2) is 24.3 Å². The number of aliphatic hydroxyl groups excluding tert-OH is 1. The summed E-state index contributed by atoms with van der Waals surface area (Å²) < 4.78 is 5.20. The van der Waals surface area contributed by atoms with Crippen molar-refractivity contribution in [1.82, 2.24) is 0 Å². The molecule has 0 unspecified atom stereocenters. The zero-order valence-electron chi connectivity index (χ0n) is 15.8. The number of ether oxygens (including phenoxy) is 1. The van der Waals surface area contributed by atoms with Gasteiger partial charge < -0.3 is 9.84 Å². The minimum atomic E-state index is -0.786. The Morgan fingerprint density at radius 1 is 1.28 bits per heavy atom. The number of carbonyl (C=O) groups is 2. The Bertz CT molecular complexity index is 635. The molecular formula is C21H30O4. The van der Waals surface area contributed by atoms with Gasteiger partial charge in [0.2, 0.25) is 0 Å². The highest BCUT2D eigenvalue weighted by molar-refractivity contribution is 5.93. The average Bonchev–Trinajstić information content (AvgIpc) is 2.73. The molecule has 4 heteroatoms. The highest BCUT2D eigenvalue weighted by Crippen LogP contribution is 2.48. The first-order valence-electron chi connectivity index (χ1n) is 9.06. The Labute approximate surface area is 150 Å². The fourth-order valence-corrected chi connectivity index (χ4v) is 3.85. The van der Waals surface area contributed by atoms with Crippen LogP contribution < -0.4 is 4.74 Å². The van der Waals surface area contributed by atoms with Gasteiger partial charge in [0, 0.05) is 18.3 Å². The van der Waals surface area contributed by atoms with E-state index in [-0.39, 0.29) is 11.6 Å². The molecule has 0 heterocycles. The molecular weight excluding hydrogens is 316 g/mol. The summed E-state index contributed by atoms with van der Waals surface area (Å²) in [6.07, 6.45) is 2.73. The summed E-state index contributed by atoms with van der Waals surface area (Å²) in [5.41, 5.74) is -0.127. The third-order valence-electron chi connectivity index (χ3n) is 5.55. The second-order valence-corrected chi connectivity index (χ2v) is 8.09. The number of hydrogen-bond acceptors (Lipinski definition) is 4. The molecule has 0 radical (unpaired) electrons. The number of benzene rings is 1. The lowest BCUT2D eigenvalue weighted by atomic mass is 9.77. The number of rotatable bonds is 8. The Balaban J connectivity index is 1.80. The monoisotopic (exact) mass is 346 g/mol. The normalized spacial score (nSPS) is 25.2. The Morgan fingerprint density at radius 3 is 2.60 bits per heavy atom. The molecule has 1 aromatic rings. The van der Waals surface area contributed by atoms with E-state index in [9.17, 15) is 14.7 Å². The maximum Gasteiger partial charge on any atom is 0.147 e. The van der Waals surface area contributed by atoms with E-state index < -0.39 is 16.9 Å². The van der Waals surface area contributed by atoms with E-state index in [0.717, 1.165) is 24.2 Å². The maximum atomic E-state index is 12.5. The predicted molar refractivity (Wildman–Crippen MR) is 97.7 cm³/mol. The van der Waals surface area contributed by atoms with Gasteiger partial charge in [-0.3, -0.25) is 9.59 Å². The van der Waals surface area contributed by atoms with Crippen LogP contribution in [-0.2, 0) is 16.0 Å². The summed E-state index contributed by atoms with van der Waals surface area (Å²) >= 11 is 0. The smallest absolute Gasteiger partial charge is 0.147 e. The quantitative estimate of drug-likeness (QED) is 0.779. The molecule has 1 fully saturated rings. The number of aliphatic hydroxyl groups is 1. The molecule has 2 rings (SSSR count). The molecule has 1 aliphatic rings. The Morgan fingerprint density at radius 2 is 2.00 bits per heavy atom. The van der Waals surface area contributed by atoms with Gasteiger partial charge >= 0.3 is 0 Å². The van der Waals surface area contributed by atoms with Gasteiger partial charge in [-0.15, -0.1) is 0 Å². The van der Waals surface area contributed by atoms with Gasteiger partial charge in [-0.05, 0) is 43.4 Å². The fraction of sp³-hybridized carbons (Fsp3) is 0.619. The lowest BCUT2D eigenvalue weighted by Crippen LogP contribution is -2.35. The molecule has 0 amide bonds. The lowest BCUT2D eigenvalue weighted by Gasteiger charge is -2.27. The SMILES string of the molecule is COc1cccc(CCCC(=O)CC[C@@]2(C)C(=O)C(C)(C)C[C@@H]2O)c1. The third-order valence-corrected chi connectivity index (χ3v) is 5.55. The molecule has 138 valence electrons. The zero-order valence-corrected chi connectivity index (χ0v) is 15.8. The molecule has 0 saturated heterocycles. The van der Waals surface area contributed by atoms with E-state index >= 15 is 0 Å². The van der Waals surface area contributed by atoms with Crippen LogP contribution in [0.4, 0.5) is 0 Å². The maximum absolute atomic E-state index is 12.5. The van der Waals surface area contributed by atoms with Gasteiger partial charge in [-0.2, -0.15) is 0 Å². The van der Waals surface area contributed by atoms with Gasteiger partial charge in [0.25, 0.3) is 0 Å². The molecule has 4 nitrogen and oxygen atoms in total. The van der Waals surface area contributed by atoms with Crippen molar-refractivity contribution in [2.24, 2.45) is 10.8 Å².